The van der Waals surface area contributed by atoms with Crippen LogP contribution in [0.25, 0.3) is 11.3 Å². The first kappa shape index (κ1) is 15.8. The highest BCUT2D eigenvalue weighted by atomic mass is 35.5. The number of rotatable bonds is 6. The highest BCUT2D eigenvalue weighted by Gasteiger charge is 2.09. The van der Waals surface area contributed by atoms with E-state index in [0.717, 1.165) is 30.5 Å². The summed E-state index contributed by atoms with van der Waals surface area (Å²) < 4.78 is 1.55. The number of alkyl halides is 1. The van der Waals surface area contributed by atoms with Gasteiger partial charge in [0.05, 0.1) is 11.6 Å². The Bertz CT molecular complexity index is 647. The monoisotopic (exact) mass is 304 g/mol. The summed E-state index contributed by atoms with van der Waals surface area (Å²) in [7, 11) is 0. The zero-order chi connectivity index (χ0) is 15.2. The second-order valence-corrected chi connectivity index (χ2v) is 5.39. The zero-order valence-electron chi connectivity index (χ0n) is 12.6. The van der Waals surface area contributed by atoms with Gasteiger partial charge in [-0.15, -0.1) is 11.6 Å². The van der Waals surface area contributed by atoms with Crippen molar-refractivity contribution in [2.24, 2.45) is 0 Å². The van der Waals surface area contributed by atoms with E-state index in [1.165, 1.54) is 5.56 Å². The van der Waals surface area contributed by atoms with Gasteiger partial charge in [0.2, 0.25) is 0 Å². The quantitative estimate of drug-likeness (QED) is 0.756. The van der Waals surface area contributed by atoms with E-state index in [9.17, 15) is 4.79 Å². The molecule has 3 nitrogen and oxygen atoms in total. The number of halogens is 1. The lowest BCUT2D eigenvalue weighted by Gasteiger charge is -2.09. The fourth-order valence-electron chi connectivity index (χ4n) is 2.20. The van der Waals surface area contributed by atoms with Crippen molar-refractivity contribution in [3.63, 3.8) is 0 Å². The number of unbranched alkanes of at least 4 members (excludes halogenated alkanes) is 1. The standard InChI is InChI=1S/C17H21ClN2O/c1-3-5-10-20-17(21)15(12-18)11-16(19-20)14-8-6-13(4-2)7-9-14/h6-9,11H,3-5,10,12H2,1-2H3. The normalized spacial score (nSPS) is 10.8. The molecule has 0 saturated carbocycles. The Kier molecular flexibility index (Phi) is 5.57. The van der Waals surface area contributed by atoms with Gasteiger partial charge in [0, 0.05) is 17.7 Å². The van der Waals surface area contributed by atoms with Gasteiger partial charge >= 0.3 is 0 Å². The lowest BCUT2D eigenvalue weighted by Crippen LogP contribution is -2.26. The van der Waals surface area contributed by atoms with Gasteiger partial charge in [-0.1, -0.05) is 44.5 Å². The first-order chi connectivity index (χ1) is 10.2. The Morgan fingerprint density at radius 2 is 1.90 bits per heavy atom. The molecule has 0 atom stereocenters. The van der Waals surface area contributed by atoms with Crippen molar-refractivity contribution in [1.82, 2.24) is 9.78 Å². The molecule has 0 unspecified atom stereocenters. The topological polar surface area (TPSA) is 34.9 Å². The molecule has 0 radical (unpaired) electrons. The lowest BCUT2D eigenvalue weighted by molar-refractivity contribution is 0.542. The van der Waals surface area contributed by atoms with Crippen LogP contribution < -0.4 is 5.56 Å². The predicted molar refractivity (Wildman–Crippen MR) is 87.8 cm³/mol. The van der Waals surface area contributed by atoms with Crippen LogP contribution >= 0.6 is 11.6 Å². The Morgan fingerprint density at radius 1 is 1.19 bits per heavy atom. The molecule has 0 N–H and O–H groups in total. The zero-order valence-corrected chi connectivity index (χ0v) is 13.4. The first-order valence-corrected chi connectivity index (χ1v) is 7.99. The summed E-state index contributed by atoms with van der Waals surface area (Å²) in [6.45, 7) is 4.87. The third-order valence-corrected chi connectivity index (χ3v) is 3.86. The maximum absolute atomic E-state index is 12.2. The largest absolute Gasteiger partial charge is 0.271 e. The highest BCUT2D eigenvalue weighted by Crippen LogP contribution is 2.18. The second kappa shape index (κ2) is 7.41. The number of hydrogen-bond acceptors (Lipinski definition) is 2. The SMILES string of the molecule is CCCCn1nc(-c2ccc(CC)cc2)cc(CCl)c1=O. The van der Waals surface area contributed by atoms with Crippen molar-refractivity contribution in [2.45, 2.75) is 45.5 Å². The van der Waals surface area contributed by atoms with E-state index < -0.39 is 0 Å². The predicted octanol–water partition coefficient (Wildman–Crippen LogP) is 4.01. The molecular weight excluding hydrogens is 284 g/mol. The van der Waals surface area contributed by atoms with Gasteiger partial charge in [-0.05, 0) is 24.5 Å². The Hall–Kier alpha value is -1.61. The van der Waals surface area contributed by atoms with Gasteiger partial charge in [0.25, 0.3) is 5.56 Å². The average Bonchev–Trinajstić information content (AvgIpc) is 2.54. The van der Waals surface area contributed by atoms with Crippen LogP contribution in [-0.4, -0.2) is 9.78 Å². The Balaban J connectivity index is 2.44. The molecule has 0 aliphatic carbocycles. The van der Waals surface area contributed by atoms with E-state index >= 15 is 0 Å². The van der Waals surface area contributed by atoms with Gasteiger partial charge in [-0.2, -0.15) is 5.10 Å². The van der Waals surface area contributed by atoms with Gasteiger partial charge < -0.3 is 0 Å². The third-order valence-electron chi connectivity index (χ3n) is 3.57. The van der Waals surface area contributed by atoms with Crippen molar-refractivity contribution in [3.8, 4) is 11.3 Å². The molecule has 0 bridgehead atoms. The van der Waals surface area contributed by atoms with Gasteiger partial charge in [-0.3, -0.25) is 4.79 Å². The van der Waals surface area contributed by atoms with E-state index in [-0.39, 0.29) is 11.4 Å². The molecule has 1 aromatic heterocycles. The van der Waals surface area contributed by atoms with Crippen LogP contribution in [0.2, 0.25) is 0 Å². The van der Waals surface area contributed by atoms with Crippen LogP contribution in [-0.2, 0) is 18.8 Å². The summed E-state index contributed by atoms with van der Waals surface area (Å²) in [6, 6.07) is 10.1. The molecule has 0 spiro atoms. The molecule has 0 aliphatic rings. The number of benzene rings is 1. The Morgan fingerprint density at radius 3 is 2.48 bits per heavy atom. The molecular formula is C17H21ClN2O. The van der Waals surface area contributed by atoms with E-state index in [0.29, 0.717) is 12.1 Å². The van der Waals surface area contributed by atoms with Gasteiger partial charge in [-0.25, -0.2) is 4.68 Å². The van der Waals surface area contributed by atoms with Crippen molar-refractivity contribution in [2.75, 3.05) is 0 Å². The smallest absolute Gasteiger partial charge is 0.267 e. The minimum atomic E-state index is -0.0765. The van der Waals surface area contributed by atoms with Gasteiger partial charge in [0.15, 0.2) is 0 Å². The van der Waals surface area contributed by atoms with Crippen molar-refractivity contribution < 1.29 is 0 Å². The molecule has 1 aromatic carbocycles. The van der Waals surface area contributed by atoms with E-state index in [4.69, 9.17) is 11.6 Å². The highest BCUT2D eigenvalue weighted by molar-refractivity contribution is 6.17. The molecule has 0 aliphatic heterocycles. The van der Waals surface area contributed by atoms with Gasteiger partial charge in [0.1, 0.15) is 0 Å². The van der Waals surface area contributed by atoms with Crippen LogP contribution in [0, 0.1) is 0 Å². The average molecular weight is 305 g/mol. The van der Waals surface area contributed by atoms with Crippen molar-refractivity contribution in [1.29, 1.82) is 0 Å². The second-order valence-electron chi connectivity index (χ2n) is 5.12. The Labute approximate surface area is 130 Å². The van der Waals surface area contributed by atoms with Crippen LogP contribution in [0.5, 0.6) is 0 Å². The van der Waals surface area contributed by atoms with Crippen molar-refractivity contribution >= 4 is 11.6 Å². The number of aromatic nitrogens is 2. The van der Waals surface area contributed by atoms with Crippen LogP contribution in [0.3, 0.4) is 0 Å². The molecule has 112 valence electrons. The summed E-state index contributed by atoms with van der Waals surface area (Å²) in [4.78, 5) is 12.2. The first-order valence-electron chi connectivity index (χ1n) is 7.45. The molecule has 2 rings (SSSR count). The molecule has 0 amide bonds. The summed E-state index contributed by atoms with van der Waals surface area (Å²) >= 11 is 5.90. The minimum Gasteiger partial charge on any atom is -0.267 e. The fraction of sp³-hybridized carbons (Fsp3) is 0.412. The number of aryl methyl sites for hydroxylation is 2. The minimum absolute atomic E-state index is 0.0765. The molecule has 0 fully saturated rings. The van der Waals surface area contributed by atoms with Crippen LogP contribution in [0.1, 0.15) is 37.8 Å². The number of nitrogens with zero attached hydrogens (tertiary/aromatic N) is 2. The number of hydrogen-bond donors (Lipinski definition) is 0. The molecule has 4 heteroatoms. The van der Waals surface area contributed by atoms with Crippen LogP contribution in [0.4, 0.5) is 0 Å². The summed E-state index contributed by atoms with van der Waals surface area (Å²) in [6.07, 6.45) is 2.98. The molecule has 21 heavy (non-hydrogen) atoms. The lowest BCUT2D eigenvalue weighted by atomic mass is 10.1. The molecule has 1 heterocycles. The van der Waals surface area contributed by atoms with Crippen LogP contribution in [0.15, 0.2) is 35.1 Å². The maximum Gasteiger partial charge on any atom is 0.271 e. The molecule has 0 saturated heterocycles. The fourth-order valence-corrected chi connectivity index (χ4v) is 2.40. The van der Waals surface area contributed by atoms with E-state index in [1.54, 1.807) is 10.7 Å². The summed E-state index contributed by atoms with van der Waals surface area (Å²) in [5, 5.41) is 4.49. The maximum atomic E-state index is 12.2. The van der Waals surface area contributed by atoms with Crippen molar-refractivity contribution in [3.05, 3.63) is 51.8 Å². The van der Waals surface area contributed by atoms with E-state index in [2.05, 4.69) is 31.1 Å². The summed E-state index contributed by atoms with van der Waals surface area (Å²) in [5.74, 6) is 0.216. The molecule has 2 aromatic rings. The third kappa shape index (κ3) is 3.73. The summed E-state index contributed by atoms with van der Waals surface area (Å²) in [5.41, 5.74) is 3.65. The van der Waals surface area contributed by atoms with E-state index in [1.807, 2.05) is 12.1 Å².